The second kappa shape index (κ2) is 4.88. The van der Waals surface area contributed by atoms with Gasteiger partial charge in [0.1, 0.15) is 13.2 Å². The van der Waals surface area contributed by atoms with Crippen molar-refractivity contribution in [2.24, 2.45) is 0 Å². The number of carbonyl (C=O) groups excluding carboxylic acids is 1. The number of benzene rings is 1. The fraction of sp³-hybridized carbons (Fsp3) is 0.286. The second-order valence-electron chi connectivity index (χ2n) is 4.46. The van der Waals surface area contributed by atoms with E-state index in [0.717, 1.165) is 0 Å². The molecule has 1 amide bonds. The molecular weight excluding hydrogens is 260 g/mol. The maximum Gasteiger partial charge on any atom is 0.293 e. The average molecular weight is 274 g/mol. The largest absolute Gasteiger partial charge is 0.486 e. The van der Waals surface area contributed by atoms with Crippen LogP contribution < -0.4 is 14.8 Å². The van der Waals surface area contributed by atoms with Gasteiger partial charge < -0.3 is 19.2 Å². The van der Waals surface area contributed by atoms with Crippen LogP contribution in [-0.4, -0.2) is 24.1 Å². The number of amides is 1. The first-order chi connectivity index (χ1) is 9.63. The highest BCUT2D eigenvalue weighted by atomic mass is 16.6. The summed E-state index contributed by atoms with van der Waals surface area (Å²) in [6.45, 7) is 4.48. The lowest BCUT2D eigenvalue weighted by atomic mass is 10.2. The molecule has 0 saturated heterocycles. The van der Waals surface area contributed by atoms with E-state index in [0.29, 0.717) is 42.0 Å². The number of ether oxygens (including phenoxy) is 2. The first-order valence-corrected chi connectivity index (χ1v) is 6.28. The van der Waals surface area contributed by atoms with E-state index in [9.17, 15) is 4.79 Å². The molecule has 6 heteroatoms. The molecule has 1 aliphatic heterocycles. The minimum atomic E-state index is -0.334. The van der Waals surface area contributed by atoms with Crippen molar-refractivity contribution >= 4 is 11.6 Å². The van der Waals surface area contributed by atoms with Crippen LogP contribution in [0.5, 0.6) is 11.5 Å². The predicted octanol–water partition coefficient (Wildman–Crippen LogP) is 2.31. The third-order valence-electron chi connectivity index (χ3n) is 2.91. The summed E-state index contributed by atoms with van der Waals surface area (Å²) < 4.78 is 16.2. The van der Waals surface area contributed by atoms with Gasteiger partial charge in [-0.05, 0) is 19.1 Å². The van der Waals surface area contributed by atoms with Crippen LogP contribution in [0.2, 0.25) is 0 Å². The van der Waals surface area contributed by atoms with Crippen LogP contribution in [0.25, 0.3) is 0 Å². The first kappa shape index (κ1) is 12.5. The number of nitrogens with one attached hydrogen (secondary N) is 1. The van der Waals surface area contributed by atoms with Gasteiger partial charge in [-0.2, -0.15) is 0 Å². The third-order valence-corrected chi connectivity index (χ3v) is 2.91. The van der Waals surface area contributed by atoms with Gasteiger partial charge in [-0.15, -0.1) is 0 Å². The highest BCUT2D eigenvalue weighted by Crippen LogP contribution is 2.32. The summed E-state index contributed by atoms with van der Waals surface area (Å²) in [7, 11) is 0. The van der Waals surface area contributed by atoms with E-state index in [1.54, 1.807) is 32.0 Å². The van der Waals surface area contributed by atoms with Crippen molar-refractivity contribution < 1.29 is 18.7 Å². The number of anilines is 1. The van der Waals surface area contributed by atoms with Crippen LogP contribution in [-0.2, 0) is 0 Å². The molecule has 1 aliphatic rings. The van der Waals surface area contributed by atoms with E-state index in [4.69, 9.17) is 13.9 Å². The molecule has 104 valence electrons. The SMILES string of the molecule is Cc1nc(C)c(C(=O)Nc2ccc3c(c2)OCCO3)o1. The van der Waals surface area contributed by atoms with E-state index < -0.39 is 0 Å². The monoisotopic (exact) mass is 274 g/mol. The number of nitrogens with zero attached hydrogens (tertiary/aromatic N) is 1. The third kappa shape index (κ3) is 2.32. The Labute approximate surface area is 115 Å². The van der Waals surface area contributed by atoms with Gasteiger partial charge in [-0.1, -0.05) is 0 Å². The number of rotatable bonds is 2. The lowest BCUT2D eigenvalue weighted by Gasteiger charge is -2.18. The van der Waals surface area contributed by atoms with Gasteiger partial charge in [0.15, 0.2) is 17.4 Å². The molecule has 0 aliphatic carbocycles. The number of carbonyl (C=O) groups is 1. The van der Waals surface area contributed by atoms with Crippen molar-refractivity contribution in [3.8, 4) is 11.5 Å². The molecule has 6 nitrogen and oxygen atoms in total. The van der Waals surface area contributed by atoms with Gasteiger partial charge >= 0.3 is 0 Å². The maximum atomic E-state index is 12.1. The fourth-order valence-electron chi connectivity index (χ4n) is 2.05. The summed E-state index contributed by atoms with van der Waals surface area (Å²) in [5.41, 5.74) is 1.19. The lowest BCUT2D eigenvalue weighted by molar-refractivity contribution is 0.0994. The first-order valence-electron chi connectivity index (χ1n) is 6.28. The Morgan fingerprint density at radius 3 is 2.65 bits per heavy atom. The number of aryl methyl sites for hydroxylation is 2. The highest BCUT2D eigenvalue weighted by molar-refractivity contribution is 6.03. The molecule has 0 fully saturated rings. The molecule has 20 heavy (non-hydrogen) atoms. The summed E-state index contributed by atoms with van der Waals surface area (Å²) in [6, 6.07) is 5.25. The zero-order valence-corrected chi connectivity index (χ0v) is 11.2. The Balaban J connectivity index is 1.81. The van der Waals surface area contributed by atoms with Crippen LogP contribution in [0.15, 0.2) is 22.6 Å². The summed E-state index contributed by atoms with van der Waals surface area (Å²) in [5.74, 6) is 1.66. The molecule has 0 saturated carbocycles. The number of hydrogen-bond acceptors (Lipinski definition) is 5. The van der Waals surface area contributed by atoms with Gasteiger partial charge in [0, 0.05) is 18.7 Å². The minimum absolute atomic E-state index is 0.220. The molecule has 2 aromatic rings. The molecule has 0 atom stereocenters. The number of aromatic nitrogens is 1. The molecule has 0 bridgehead atoms. The average Bonchev–Trinajstić information content (AvgIpc) is 2.78. The Hall–Kier alpha value is -2.50. The van der Waals surface area contributed by atoms with Gasteiger partial charge in [0.2, 0.25) is 5.76 Å². The molecule has 2 heterocycles. The minimum Gasteiger partial charge on any atom is -0.486 e. The van der Waals surface area contributed by atoms with Gasteiger partial charge in [0.05, 0.1) is 5.69 Å². The Morgan fingerprint density at radius 2 is 1.95 bits per heavy atom. The molecule has 1 aromatic carbocycles. The molecule has 1 N–H and O–H groups in total. The standard InChI is InChI=1S/C14H14N2O4/c1-8-13(20-9(2)15-8)14(17)16-10-3-4-11-12(7-10)19-6-5-18-11/h3-4,7H,5-6H2,1-2H3,(H,16,17). The van der Waals surface area contributed by atoms with E-state index in [1.807, 2.05) is 0 Å². The smallest absolute Gasteiger partial charge is 0.293 e. The molecule has 3 rings (SSSR count). The molecule has 0 radical (unpaired) electrons. The number of fused-ring (bicyclic) bond motifs is 1. The summed E-state index contributed by atoms with van der Waals surface area (Å²) in [5, 5.41) is 2.75. The van der Waals surface area contributed by atoms with Crippen molar-refractivity contribution in [3.63, 3.8) is 0 Å². The van der Waals surface area contributed by atoms with Gasteiger partial charge in [0.25, 0.3) is 5.91 Å². The molecule has 0 unspecified atom stereocenters. The number of oxazole rings is 1. The predicted molar refractivity (Wildman–Crippen MR) is 71.4 cm³/mol. The van der Waals surface area contributed by atoms with Crippen molar-refractivity contribution in [2.75, 3.05) is 18.5 Å². The quantitative estimate of drug-likeness (QED) is 0.909. The summed E-state index contributed by atoms with van der Waals surface area (Å²) >= 11 is 0. The number of hydrogen-bond donors (Lipinski definition) is 1. The van der Waals surface area contributed by atoms with Crippen molar-refractivity contribution in [1.82, 2.24) is 4.98 Å². The molecule has 1 aromatic heterocycles. The zero-order valence-electron chi connectivity index (χ0n) is 11.2. The lowest BCUT2D eigenvalue weighted by Crippen LogP contribution is -2.16. The Kier molecular flexibility index (Phi) is 3.06. The van der Waals surface area contributed by atoms with Gasteiger partial charge in [-0.25, -0.2) is 4.98 Å². The second-order valence-corrected chi connectivity index (χ2v) is 4.46. The van der Waals surface area contributed by atoms with Crippen LogP contribution in [0.3, 0.4) is 0 Å². The van der Waals surface area contributed by atoms with Crippen LogP contribution in [0, 0.1) is 13.8 Å². The highest BCUT2D eigenvalue weighted by Gasteiger charge is 2.17. The van der Waals surface area contributed by atoms with Crippen molar-refractivity contribution in [2.45, 2.75) is 13.8 Å². The van der Waals surface area contributed by atoms with Crippen molar-refractivity contribution in [1.29, 1.82) is 0 Å². The maximum absolute atomic E-state index is 12.1. The topological polar surface area (TPSA) is 73.6 Å². The molecular formula is C14H14N2O4. The summed E-state index contributed by atoms with van der Waals surface area (Å²) in [6.07, 6.45) is 0. The zero-order chi connectivity index (χ0) is 14.1. The van der Waals surface area contributed by atoms with Crippen molar-refractivity contribution in [3.05, 3.63) is 35.5 Å². The van der Waals surface area contributed by atoms with E-state index >= 15 is 0 Å². The molecule has 0 spiro atoms. The summed E-state index contributed by atoms with van der Waals surface area (Å²) in [4.78, 5) is 16.2. The van der Waals surface area contributed by atoms with Crippen LogP contribution in [0.1, 0.15) is 22.1 Å². The van der Waals surface area contributed by atoms with E-state index in [-0.39, 0.29) is 11.7 Å². The fourth-order valence-corrected chi connectivity index (χ4v) is 2.05. The normalized spacial score (nSPS) is 13.1. The Morgan fingerprint density at radius 1 is 1.20 bits per heavy atom. The van der Waals surface area contributed by atoms with E-state index in [1.165, 1.54) is 0 Å². The van der Waals surface area contributed by atoms with Gasteiger partial charge in [-0.3, -0.25) is 4.79 Å². The van der Waals surface area contributed by atoms with E-state index in [2.05, 4.69) is 10.3 Å². The van der Waals surface area contributed by atoms with Crippen LogP contribution in [0.4, 0.5) is 5.69 Å². The van der Waals surface area contributed by atoms with Crippen LogP contribution >= 0.6 is 0 Å². The Bertz CT molecular complexity index is 663.